The Morgan fingerprint density at radius 1 is 1.40 bits per heavy atom. The zero-order chi connectivity index (χ0) is 13.9. The van der Waals surface area contributed by atoms with Gasteiger partial charge in [-0.1, -0.05) is 18.2 Å². The molecule has 1 aromatic rings. The van der Waals surface area contributed by atoms with E-state index in [1.165, 1.54) is 28.8 Å². The van der Waals surface area contributed by atoms with E-state index in [-0.39, 0.29) is 0 Å². The van der Waals surface area contributed by atoms with Crippen LogP contribution in [-0.4, -0.2) is 35.7 Å². The molecule has 0 aliphatic carbocycles. The van der Waals surface area contributed by atoms with Crippen LogP contribution < -0.4 is 5.32 Å². The lowest BCUT2D eigenvalue weighted by Gasteiger charge is -2.25. The fourth-order valence-electron chi connectivity index (χ4n) is 3.36. The lowest BCUT2D eigenvalue weighted by molar-refractivity contribution is 0.159. The second-order valence-corrected chi connectivity index (χ2v) is 5.94. The van der Waals surface area contributed by atoms with Crippen LogP contribution in [0.25, 0.3) is 6.08 Å². The molecule has 2 aliphatic rings. The van der Waals surface area contributed by atoms with Gasteiger partial charge in [-0.25, -0.2) is 0 Å². The standard InChI is InChI=1S/C17H24N2O/c1-13-4-2-5-14-11-18-15(10-17(13)14)7-9-19-8-3-6-16(19)12-20/h2,4-5,10,16,18,20H,3,6-9,11-12H2,1H3/t16-/m1/s1. The van der Waals surface area contributed by atoms with Crippen LogP contribution >= 0.6 is 0 Å². The summed E-state index contributed by atoms with van der Waals surface area (Å²) in [5.74, 6) is 0. The highest BCUT2D eigenvalue weighted by molar-refractivity contribution is 5.62. The fourth-order valence-corrected chi connectivity index (χ4v) is 3.36. The molecule has 0 saturated carbocycles. The number of hydrogen-bond donors (Lipinski definition) is 2. The minimum Gasteiger partial charge on any atom is -0.395 e. The SMILES string of the molecule is Cc1cccc2c1C=C(CCN1CCC[C@@H]1CO)NC2. The summed E-state index contributed by atoms with van der Waals surface area (Å²) in [7, 11) is 0. The number of aliphatic hydroxyl groups excluding tert-OH is 1. The molecule has 1 fully saturated rings. The van der Waals surface area contributed by atoms with Crippen molar-refractivity contribution < 1.29 is 5.11 Å². The summed E-state index contributed by atoms with van der Waals surface area (Å²) in [5, 5.41) is 12.9. The van der Waals surface area contributed by atoms with E-state index in [9.17, 15) is 5.11 Å². The Morgan fingerprint density at radius 3 is 3.15 bits per heavy atom. The number of fused-ring (bicyclic) bond motifs is 1. The van der Waals surface area contributed by atoms with E-state index in [0.717, 1.165) is 32.5 Å². The third-order valence-corrected chi connectivity index (χ3v) is 4.62. The third-order valence-electron chi connectivity index (χ3n) is 4.62. The first-order chi connectivity index (χ1) is 9.78. The van der Waals surface area contributed by atoms with Gasteiger partial charge in [-0.2, -0.15) is 0 Å². The van der Waals surface area contributed by atoms with Crippen LogP contribution in [-0.2, 0) is 6.54 Å². The molecule has 1 atom stereocenters. The summed E-state index contributed by atoms with van der Waals surface area (Å²) in [6, 6.07) is 6.89. The average molecular weight is 272 g/mol. The van der Waals surface area contributed by atoms with E-state index in [4.69, 9.17) is 0 Å². The quantitative estimate of drug-likeness (QED) is 0.883. The molecule has 2 aliphatic heterocycles. The van der Waals surface area contributed by atoms with Crippen molar-refractivity contribution in [1.82, 2.24) is 10.2 Å². The van der Waals surface area contributed by atoms with E-state index in [2.05, 4.69) is 41.4 Å². The molecule has 2 heterocycles. The van der Waals surface area contributed by atoms with E-state index in [1.54, 1.807) is 0 Å². The second-order valence-electron chi connectivity index (χ2n) is 5.94. The van der Waals surface area contributed by atoms with Crippen molar-refractivity contribution in [3.05, 3.63) is 40.6 Å². The van der Waals surface area contributed by atoms with Crippen LogP contribution in [0.15, 0.2) is 23.9 Å². The van der Waals surface area contributed by atoms with Crippen molar-refractivity contribution in [2.45, 2.75) is 38.8 Å². The second kappa shape index (κ2) is 5.98. The molecule has 3 heteroatoms. The molecule has 3 nitrogen and oxygen atoms in total. The maximum absolute atomic E-state index is 9.37. The van der Waals surface area contributed by atoms with E-state index in [1.807, 2.05) is 0 Å². The van der Waals surface area contributed by atoms with Gasteiger partial charge >= 0.3 is 0 Å². The summed E-state index contributed by atoms with van der Waals surface area (Å²) in [6.45, 7) is 5.60. The average Bonchev–Trinajstić information content (AvgIpc) is 2.93. The first kappa shape index (κ1) is 13.7. The Morgan fingerprint density at radius 2 is 2.30 bits per heavy atom. The van der Waals surface area contributed by atoms with Crippen LogP contribution in [0.5, 0.6) is 0 Å². The number of likely N-dealkylation sites (tertiary alicyclic amines) is 1. The lowest BCUT2D eigenvalue weighted by Crippen LogP contribution is -2.34. The van der Waals surface area contributed by atoms with Crippen molar-refractivity contribution in [2.24, 2.45) is 0 Å². The van der Waals surface area contributed by atoms with Crippen molar-refractivity contribution in [1.29, 1.82) is 0 Å². The summed E-state index contributed by atoms with van der Waals surface area (Å²) in [4.78, 5) is 2.43. The van der Waals surface area contributed by atoms with Gasteiger partial charge in [0.2, 0.25) is 0 Å². The predicted molar refractivity (Wildman–Crippen MR) is 82.3 cm³/mol. The molecule has 0 radical (unpaired) electrons. The number of nitrogens with zero attached hydrogens (tertiary/aromatic N) is 1. The zero-order valence-electron chi connectivity index (χ0n) is 12.2. The zero-order valence-corrected chi connectivity index (χ0v) is 12.2. The van der Waals surface area contributed by atoms with Crippen molar-refractivity contribution >= 4 is 6.08 Å². The Labute approximate surface area is 121 Å². The highest BCUT2D eigenvalue weighted by Crippen LogP contribution is 2.24. The fraction of sp³-hybridized carbons (Fsp3) is 0.529. The molecule has 0 amide bonds. The van der Waals surface area contributed by atoms with Crippen molar-refractivity contribution in [3.8, 4) is 0 Å². The minimum atomic E-state index is 0.300. The molecule has 20 heavy (non-hydrogen) atoms. The Kier molecular flexibility index (Phi) is 4.08. The van der Waals surface area contributed by atoms with E-state index in [0.29, 0.717) is 12.6 Å². The number of hydrogen-bond acceptors (Lipinski definition) is 3. The number of aryl methyl sites for hydroxylation is 1. The molecular formula is C17H24N2O. The van der Waals surface area contributed by atoms with Crippen LogP contribution in [0, 0.1) is 6.92 Å². The summed E-state index contributed by atoms with van der Waals surface area (Å²) in [6.07, 6.45) is 5.72. The van der Waals surface area contributed by atoms with Gasteiger partial charge in [0.05, 0.1) is 6.61 Å². The van der Waals surface area contributed by atoms with Gasteiger partial charge in [-0.15, -0.1) is 0 Å². The van der Waals surface area contributed by atoms with Gasteiger partial charge in [0.25, 0.3) is 0 Å². The van der Waals surface area contributed by atoms with Crippen molar-refractivity contribution in [3.63, 3.8) is 0 Å². The smallest absolute Gasteiger partial charge is 0.0586 e. The van der Waals surface area contributed by atoms with E-state index < -0.39 is 0 Å². The topological polar surface area (TPSA) is 35.5 Å². The van der Waals surface area contributed by atoms with Gasteiger partial charge in [-0.05, 0) is 55.5 Å². The number of aliphatic hydroxyl groups is 1. The molecule has 2 N–H and O–H groups in total. The van der Waals surface area contributed by atoms with Crippen molar-refractivity contribution in [2.75, 3.05) is 19.7 Å². The van der Waals surface area contributed by atoms with Gasteiger partial charge in [0, 0.05) is 24.8 Å². The first-order valence-electron chi connectivity index (χ1n) is 7.66. The molecule has 0 aromatic heterocycles. The van der Waals surface area contributed by atoms with Crippen LogP contribution in [0.2, 0.25) is 0 Å². The van der Waals surface area contributed by atoms with Gasteiger partial charge in [0.1, 0.15) is 0 Å². The third kappa shape index (κ3) is 2.74. The highest BCUT2D eigenvalue weighted by atomic mass is 16.3. The molecule has 1 saturated heterocycles. The molecule has 1 aromatic carbocycles. The largest absolute Gasteiger partial charge is 0.395 e. The monoisotopic (exact) mass is 272 g/mol. The molecule has 0 unspecified atom stereocenters. The summed E-state index contributed by atoms with van der Waals surface area (Å²) >= 11 is 0. The maximum atomic E-state index is 9.37. The van der Waals surface area contributed by atoms with Gasteiger partial charge < -0.3 is 10.4 Å². The Balaban J connectivity index is 1.66. The summed E-state index contributed by atoms with van der Waals surface area (Å²) < 4.78 is 0. The minimum absolute atomic E-state index is 0.300. The number of benzene rings is 1. The van der Waals surface area contributed by atoms with Gasteiger partial charge in [-0.3, -0.25) is 4.90 Å². The molecule has 0 bridgehead atoms. The van der Waals surface area contributed by atoms with Gasteiger partial charge in [0.15, 0.2) is 0 Å². The molecule has 3 rings (SSSR count). The predicted octanol–water partition coefficient (Wildman–Crippen LogP) is 2.29. The van der Waals surface area contributed by atoms with Crippen LogP contribution in [0.3, 0.4) is 0 Å². The maximum Gasteiger partial charge on any atom is 0.0586 e. The molecule has 0 spiro atoms. The normalized spacial score (nSPS) is 22.3. The Bertz CT molecular complexity index is 510. The van der Waals surface area contributed by atoms with E-state index >= 15 is 0 Å². The van der Waals surface area contributed by atoms with Crippen LogP contribution in [0.1, 0.15) is 36.0 Å². The number of rotatable bonds is 4. The number of nitrogens with one attached hydrogen (secondary N) is 1. The summed E-state index contributed by atoms with van der Waals surface area (Å²) in [5.41, 5.74) is 5.47. The Hall–Kier alpha value is -1.32. The van der Waals surface area contributed by atoms with Crippen LogP contribution in [0.4, 0.5) is 0 Å². The molecule has 108 valence electrons. The first-order valence-corrected chi connectivity index (χ1v) is 7.66. The lowest BCUT2D eigenvalue weighted by atomic mass is 9.97. The molecular weight excluding hydrogens is 248 g/mol. The highest BCUT2D eigenvalue weighted by Gasteiger charge is 2.23.